The second kappa shape index (κ2) is 26.5. The van der Waals surface area contributed by atoms with Crippen LogP contribution in [-0.4, -0.2) is 62.5 Å². The molecule has 0 unspecified atom stereocenters. The standard InChI is InChI=1S/2C21H24O3.2C14H18O3/c2*1-21(2,20(22)23-3)19-12-10-16-9-11-17(13-18(16)19)24-14-15-7-5-4-6-8-15;2*1-14(2,13(16)17-3)12-7-5-9-4-6-10(15)8-11(9)12/h2*4-9,11,13,19H,10,12,14H2,1-3H3;2*4,6,8,12,15H,5,7H2,1-3H3/t2*19-;2*12-/m1010/s1. The molecule has 10 rings (SSSR count). The number of fused-ring (bicyclic) bond motifs is 4. The predicted octanol–water partition coefficient (Wildman–Crippen LogP) is 14.2. The summed E-state index contributed by atoms with van der Waals surface area (Å²) < 4.78 is 31.7. The molecule has 4 atom stereocenters. The summed E-state index contributed by atoms with van der Waals surface area (Å²) in [4.78, 5) is 48.0. The number of methoxy groups -OCH3 is 4. The number of hydrogen-bond donors (Lipinski definition) is 2. The van der Waals surface area contributed by atoms with Crippen LogP contribution in [0.5, 0.6) is 23.0 Å². The number of carbonyl (C=O) groups is 4. The summed E-state index contributed by atoms with van der Waals surface area (Å²) in [6.45, 7) is 16.6. The third-order valence-electron chi connectivity index (χ3n) is 17.6. The van der Waals surface area contributed by atoms with Crippen LogP contribution in [0.25, 0.3) is 0 Å². The Morgan fingerprint density at radius 1 is 0.378 bits per heavy atom. The van der Waals surface area contributed by atoms with Crippen LogP contribution in [0.15, 0.2) is 133 Å². The van der Waals surface area contributed by atoms with E-state index in [2.05, 4.69) is 48.5 Å². The maximum atomic E-state index is 12.2. The second-order valence-electron chi connectivity index (χ2n) is 24.3. The van der Waals surface area contributed by atoms with Gasteiger partial charge >= 0.3 is 23.9 Å². The summed E-state index contributed by atoms with van der Waals surface area (Å²) in [5.41, 5.74) is 9.81. The van der Waals surface area contributed by atoms with Gasteiger partial charge in [0, 0.05) is 23.7 Å². The van der Waals surface area contributed by atoms with Gasteiger partial charge in [0.05, 0.1) is 50.1 Å². The smallest absolute Gasteiger partial charge is 0.311 e. The summed E-state index contributed by atoms with van der Waals surface area (Å²) in [7, 11) is 5.75. The van der Waals surface area contributed by atoms with Gasteiger partial charge in [0.15, 0.2) is 0 Å². The summed E-state index contributed by atoms with van der Waals surface area (Å²) in [5, 5.41) is 19.1. The Bertz CT molecular complexity index is 2960. The molecule has 0 spiro atoms. The largest absolute Gasteiger partial charge is 0.508 e. The fourth-order valence-corrected chi connectivity index (χ4v) is 12.6. The Kier molecular flexibility index (Phi) is 20.1. The predicted molar refractivity (Wildman–Crippen MR) is 318 cm³/mol. The van der Waals surface area contributed by atoms with Crippen molar-refractivity contribution in [3.63, 3.8) is 0 Å². The molecule has 0 saturated carbocycles. The van der Waals surface area contributed by atoms with E-state index in [1.165, 1.54) is 61.8 Å². The minimum atomic E-state index is -0.548. The first-order valence-corrected chi connectivity index (χ1v) is 28.5. The van der Waals surface area contributed by atoms with Crippen molar-refractivity contribution < 1.29 is 57.8 Å². The molecular formula is C70H84O12. The minimum absolute atomic E-state index is 0.122. The van der Waals surface area contributed by atoms with E-state index in [0.717, 1.165) is 85.1 Å². The van der Waals surface area contributed by atoms with Crippen molar-refractivity contribution in [1.29, 1.82) is 0 Å². The van der Waals surface area contributed by atoms with Gasteiger partial charge in [0.2, 0.25) is 0 Å². The van der Waals surface area contributed by atoms with Gasteiger partial charge in [-0.15, -0.1) is 0 Å². The zero-order chi connectivity index (χ0) is 59.6. The number of esters is 4. The van der Waals surface area contributed by atoms with E-state index in [1.54, 1.807) is 24.3 Å². The molecule has 0 radical (unpaired) electrons. The van der Waals surface area contributed by atoms with E-state index < -0.39 is 21.7 Å². The maximum absolute atomic E-state index is 12.2. The first kappa shape index (κ1) is 62.0. The Balaban J connectivity index is 0.000000160. The number of rotatable bonds is 14. The van der Waals surface area contributed by atoms with Crippen molar-refractivity contribution in [2.45, 2.75) is 144 Å². The van der Waals surface area contributed by atoms with Crippen molar-refractivity contribution in [2.75, 3.05) is 28.4 Å². The average molecular weight is 1120 g/mol. The van der Waals surface area contributed by atoms with Gasteiger partial charge in [0.25, 0.3) is 0 Å². The van der Waals surface area contributed by atoms with Crippen LogP contribution >= 0.6 is 0 Å². The van der Waals surface area contributed by atoms with Crippen molar-refractivity contribution in [2.24, 2.45) is 21.7 Å². The Morgan fingerprint density at radius 2 is 0.634 bits per heavy atom. The number of phenolic OH excluding ortho intramolecular Hbond substituents is 2. The lowest BCUT2D eigenvalue weighted by atomic mass is 9.75. The molecule has 0 bridgehead atoms. The summed E-state index contributed by atoms with van der Waals surface area (Å²) in [5.74, 6) is 2.10. The van der Waals surface area contributed by atoms with Gasteiger partial charge < -0.3 is 38.6 Å². The summed E-state index contributed by atoms with van der Waals surface area (Å²) in [6.07, 6.45) is 7.72. The Hall–Kier alpha value is -7.60. The van der Waals surface area contributed by atoms with E-state index in [-0.39, 0.29) is 59.0 Å². The van der Waals surface area contributed by atoms with E-state index in [0.29, 0.717) is 13.2 Å². The molecule has 0 fully saturated rings. The topological polar surface area (TPSA) is 164 Å². The molecule has 2 N–H and O–H groups in total. The fraction of sp³-hybridized carbons (Fsp3) is 0.429. The van der Waals surface area contributed by atoms with Crippen LogP contribution in [0.4, 0.5) is 0 Å². The third kappa shape index (κ3) is 14.0. The first-order valence-electron chi connectivity index (χ1n) is 28.5. The van der Waals surface area contributed by atoms with E-state index in [4.69, 9.17) is 28.4 Å². The molecule has 0 saturated heterocycles. The molecule has 6 aromatic carbocycles. The normalized spacial score (nSPS) is 17.5. The van der Waals surface area contributed by atoms with Crippen LogP contribution in [0, 0.1) is 21.7 Å². The van der Waals surface area contributed by atoms with Gasteiger partial charge in [0.1, 0.15) is 36.2 Å². The average Bonchev–Trinajstić information content (AvgIpc) is 4.16. The van der Waals surface area contributed by atoms with Crippen molar-refractivity contribution in [3.05, 3.63) is 189 Å². The van der Waals surface area contributed by atoms with E-state index in [9.17, 15) is 29.4 Å². The lowest BCUT2D eigenvalue weighted by Gasteiger charge is -2.29. The van der Waals surface area contributed by atoms with Crippen molar-refractivity contribution >= 4 is 23.9 Å². The summed E-state index contributed by atoms with van der Waals surface area (Å²) in [6, 6.07) is 43.6. The minimum Gasteiger partial charge on any atom is -0.508 e. The van der Waals surface area contributed by atoms with Crippen LogP contribution < -0.4 is 9.47 Å². The zero-order valence-electron chi connectivity index (χ0n) is 50.1. The maximum Gasteiger partial charge on any atom is 0.311 e. The number of aromatic hydroxyl groups is 2. The van der Waals surface area contributed by atoms with Gasteiger partial charge in [-0.3, -0.25) is 19.2 Å². The first-order chi connectivity index (χ1) is 39.0. The molecule has 436 valence electrons. The number of benzene rings is 6. The van der Waals surface area contributed by atoms with Crippen molar-refractivity contribution in [1.82, 2.24) is 0 Å². The highest BCUT2D eigenvalue weighted by Gasteiger charge is 2.45. The molecule has 0 heterocycles. The quantitative estimate of drug-likeness (QED) is 0.0785. The van der Waals surface area contributed by atoms with Crippen LogP contribution in [0.1, 0.15) is 160 Å². The highest BCUT2D eigenvalue weighted by molar-refractivity contribution is 5.79. The summed E-state index contributed by atoms with van der Waals surface area (Å²) >= 11 is 0. The van der Waals surface area contributed by atoms with Crippen molar-refractivity contribution in [3.8, 4) is 23.0 Å². The monoisotopic (exact) mass is 1120 g/mol. The molecule has 0 aromatic heterocycles. The van der Waals surface area contributed by atoms with E-state index in [1.807, 2.05) is 116 Å². The zero-order valence-corrected chi connectivity index (χ0v) is 50.1. The van der Waals surface area contributed by atoms with Crippen LogP contribution in [0.3, 0.4) is 0 Å². The number of phenols is 2. The third-order valence-corrected chi connectivity index (χ3v) is 17.6. The van der Waals surface area contributed by atoms with Crippen LogP contribution in [0.2, 0.25) is 0 Å². The molecular weight excluding hydrogens is 1030 g/mol. The highest BCUT2D eigenvalue weighted by Crippen LogP contribution is 2.50. The molecule has 4 aliphatic carbocycles. The molecule has 4 aliphatic rings. The van der Waals surface area contributed by atoms with Gasteiger partial charge in [-0.2, -0.15) is 0 Å². The second-order valence-corrected chi connectivity index (χ2v) is 24.3. The van der Waals surface area contributed by atoms with Crippen LogP contribution in [-0.2, 0) is 77.0 Å². The van der Waals surface area contributed by atoms with E-state index >= 15 is 0 Å². The molecule has 12 nitrogen and oxygen atoms in total. The van der Waals surface area contributed by atoms with Gasteiger partial charge in [-0.05, 0) is 211 Å². The number of aryl methyl sites for hydroxylation is 4. The number of hydrogen-bond acceptors (Lipinski definition) is 12. The lowest BCUT2D eigenvalue weighted by molar-refractivity contribution is -0.152. The Labute approximate surface area is 485 Å². The molecule has 12 heteroatoms. The lowest BCUT2D eigenvalue weighted by Crippen LogP contribution is -2.31. The van der Waals surface area contributed by atoms with Gasteiger partial charge in [-0.1, -0.05) is 84.9 Å². The molecule has 0 amide bonds. The molecule has 0 aliphatic heterocycles. The van der Waals surface area contributed by atoms with Gasteiger partial charge in [-0.25, -0.2) is 0 Å². The number of carbonyl (C=O) groups excluding carboxylic acids is 4. The SMILES string of the molecule is COC(=O)C(C)(C)[C@@H]1CCc2ccc(O)cc21.COC(=O)C(C)(C)[C@@H]1CCc2ccc(OCc3ccccc3)cc21.COC(=O)C(C)(C)[C@H]1CCc2ccc(O)cc21.COC(=O)C(C)(C)[C@H]1CCc2ccc(OCc3ccccc3)cc21. The number of ether oxygens (including phenoxy) is 6. The molecule has 82 heavy (non-hydrogen) atoms. The Morgan fingerprint density at radius 3 is 0.902 bits per heavy atom. The molecule has 6 aromatic rings. The highest BCUT2D eigenvalue weighted by atomic mass is 16.5. The fourth-order valence-electron chi connectivity index (χ4n) is 12.6.